The lowest BCUT2D eigenvalue weighted by Gasteiger charge is -2.23. The molecule has 3 aromatic heterocycles. The summed E-state index contributed by atoms with van der Waals surface area (Å²) in [6.07, 6.45) is 12.2. The Bertz CT molecular complexity index is 1520. The fourth-order valence-electron chi connectivity index (χ4n) is 4.64. The van der Waals surface area contributed by atoms with Crippen LogP contribution in [-0.2, 0) is 22.7 Å². The monoisotopic (exact) mass is 540 g/mol. The van der Waals surface area contributed by atoms with Gasteiger partial charge in [0.1, 0.15) is 23.8 Å². The van der Waals surface area contributed by atoms with Crippen molar-refractivity contribution in [3.05, 3.63) is 73.8 Å². The molecule has 0 unspecified atom stereocenters. The third kappa shape index (κ3) is 6.15. The molecule has 1 fully saturated rings. The van der Waals surface area contributed by atoms with E-state index in [1.807, 2.05) is 19.0 Å². The summed E-state index contributed by atoms with van der Waals surface area (Å²) in [5.74, 6) is -0.0953. The van der Waals surface area contributed by atoms with E-state index in [2.05, 4.69) is 38.2 Å². The Kier molecular flexibility index (Phi) is 8.85. The van der Waals surface area contributed by atoms with Crippen molar-refractivity contribution in [3.63, 3.8) is 0 Å². The average Bonchev–Trinajstić information content (AvgIpc) is 3.56. The van der Waals surface area contributed by atoms with Gasteiger partial charge in [0.25, 0.3) is 0 Å². The molecule has 3 aromatic rings. The van der Waals surface area contributed by atoms with Crippen molar-refractivity contribution < 1.29 is 14.4 Å². The highest BCUT2D eigenvalue weighted by molar-refractivity contribution is 6.46. The summed E-state index contributed by atoms with van der Waals surface area (Å²) in [5, 5.41) is 5.03. The van der Waals surface area contributed by atoms with Crippen LogP contribution in [0, 0.1) is 0 Å². The first-order chi connectivity index (χ1) is 19.2. The third-order valence-corrected chi connectivity index (χ3v) is 6.46. The molecule has 0 aromatic carbocycles. The topological polar surface area (TPSA) is 127 Å². The molecule has 1 saturated heterocycles. The molecule has 4 rings (SSSR count). The van der Waals surface area contributed by atoms with E-state index in [1.54, 1.807) is 47.8 Å². The number of rotatable bonds is 11. The molecular weight excluding hydrogens is 508 g/mol. The van der Waals surface area contributed by atoms with Gasteiger partial charge in [-0.25, -0.2) is 9.97 Å². The van der Waals surface area contributed by atoms with Gasteiger partial charge in [-0.3, -0.25) is 29.0 Å². The van der Waals surface area contributed by atoms with E-state index in [1.165, 1.54) is 17.8 Å². The lowest BCUT2D eigenvalue weighted by atomic mass is 10.0. The number of allylic oxidation sites excluding steroid dienone is 3. The SMILES string of the molecule is C=C/C=C\C(=NC=C)C(=O)[C@@H]1CCCN1C(=O)Cn1nc(C(C)=O)c2cc(-c3cnc(CN(C)C)nc3)ncc21. The van der Waals surface area contributed by atoms with E-state index in [0.717, 1.165) is 0 Å². The maximum absolute atomic E-state index is 13.4. The van der Waals surface area contributed by atoms with E-state index in [-0.39, 0.29) is 35.4 Å². The molecule has 0 bridgehead atoms. The highest BCUT2D eigenvalue weighted by Gasteiger charge is 2.35. The molecule has 11 nitrogen and oxygen atoms in total. The van der Waals surface area contributed by atoms with Gasteiger partial charge in [0.15, 0.2) is 5.78 Å². The van der Waals surface area contributed by atoms with Crippen molar-refractivity contribution in [2.24, 2.45) is 4.99 Å². The molecular formula is C29H32N8O3. The number of carbonyl (C=O) groups is 3. The molecule has 0 spiro atoms. The summed E-state index contributed by atoms with van der Waals surface area (Å²) < 4.78 is 1.47. The lowest BCUT2D eigenvalue weighted by Crippen LogP contribution is -2.44. The molecule has 1 atom stereocenters. The van der Waals surface area contributed by atoms with Crippen molar-refractivity contribution in [3.8, 4) is 11.3 Å². The minimum Gasteiger partial charge on any atom is -0.331 e. The smallest absolute Gasteiger partial charge is 0.244 e. The predicted molar refractivity (Wildman–Crippen MR) is 153 cm³/mol. The van der Waals surface area contributed by atoms with E-state index in [0.29, 0.717) is 53.9 Å². The van der Waals surface area contributed by atoms with Gasteiger partial charge in [-0.05, 0) is 39.1 Å². The molecule has 206 valence electrons. The number of nitrogens with zero attached hydrogens (tertiary/aromatic N) is 8. The van der Waals surface area contributed by atoms with Gasteiger partial charge in [0.2, 0.25) is 11.7 Å². The molecule has 0 radical (unpaired) electrons. The Morgan fingerprint density at radius 1 is 1.15 bits per heavy atom. The van der Waals surface area contributed by atoms with E-state index in [9.17, 15) is 14.4 Å². The highest BCUT2D eigenvalue weighted by Crippen LogP contribution is 2.26. The van der Waals surface area contributed by atoms with Crippen molar-refractivity contribution >= 4 is 34.1 Å². The van der Waals surface area contributed by atoms with Crippen LogP contribution in [0.1, 0.15) is 36.1 Å². The second-order valence-electron chi connectivity index (χ2n) is 9.68. The normalized spacial score (nSPS) is 15.8. The molecule has 11 heteroatoms. The summed E-state index contributed by atoms with van der Waals surface area (Å²) in [7, 11) is 3.88. The molecule has 1 amide bonds. The first-order valence-corrected chi connectivity index (χ1v) is 12.9. The summed E-state index contributed by atoms with van der Waals surface area (Å²) in [6, 6.07) is 1.12. The Labute approximate surface area is 232 Å². The quantitative estimate of drug-likeness (QED) is 0.206. The van der Waals surface area contributed by atoms with Crippen LogP contribution in [-0.4, -0.2) is 84.4 Å². The van der Waals surface area contributed by atoms with Crippen LogP contribution in [0.2, 0.25) is 0 Å². The summed E-state index contributed by atoms with van der Waals surface area (Å²) in [6.45, 7) is 9.54. The zero-order valence-electron chi connectivity index (χ0n) is 22.9. The number of hydrogen-bond acceptors (Lipinski definition) is 9. The minimum absolute atomic E-state index is 0.145. The largest absolute Gasteiger partial charge is 0.331 e. The number of pyridine rings is 1. The number of aromatic nitrogens is 5. The number of ketones is 2. The summed E-state index contributed by atoms with van der Waals surface area (Å²) in [5.41, 5.74) is 2.27. The minimum atomic E-state index is -0.644. The van der Waals surface area contributed by atoms with Gasteiger partial charge >= 0.3 is 0 Å². The van der Waals surface area contributed by atoms with Crippen LogP contribution >= 0.6 is 0 Å². The maximum Gasteiger partial charge on any atom is 0.244 e. The fraction of sp³-hybridized carbons (Fsp3) is 0.310. The number of carbonyl (C=O) groups excluding carboxylic acids is 3. The molecule has 0 aliphatic carbocycles. The number of Topliss-reactive ketones (excluding diaryl/α,β-unsaturated/α-hetero) is 2. The van der Waals surface area contributed by atoms with Gasteiger partial charge in [0.05, 0.1) is 30.0 Å². The van der Waals surface area contributed by atoms with Gasteiger partial charge < -0.3 is 9.80 Å². The van der Waals surface area contributed by atoms with Crippen LogP contribution in [0.15, 0.2) is 67.2 Å². The Hall–Kier alpha value is -4.64. The molecule has 0 saturated carbocycles. The standard InChI is InChI=1S/C29H32N8O3/c1-6-8-10-22(30-7-2)29(40)24-11-9-12-36(24)27(39)18-37-25-16-31-23(13-21(25)28(34-37)19(3)38)20-14-32-26(33-15-20)17-35(4)5/h6-8,10,13-16,24H,1-2,9,11-12,17-18H2,3-5H3/b10-8-,30-22?/t24-/m0/s1. The number of amides is 1. The molecule has 40 heavy (non-hydrogen) atoms. The van der Waals surface area contributed by atoms with Crippen LogP contribution in [0.3, 0.4) is 0 Å². The van der Waals surface area contributed by atoms with E-state index >= 15 is 0 Å². The van der Waals surface area contributed by atoms with Crippen LogP contribution in [0.4, 0.5) is 0 Å². The second kappa shape index (κ2) is 12.5. The predicted octanol–water partition coefficient (Wildman–Crippen LogP) is 3.04. The number of hydrogen-bond donors (Lipinski definition) is 0. The van der Waals surface area contributed by atoms with Crippen LogP contribution < -0.4 is 0 Å². The van der Waals surface area contributed by atoms with E-state index < -0.39 is 6.04 Å². The molecule has 0 N–H and O–H groups in total. The third-order valence-electron chi connectivity index (χ3n) is 6.46. The Balaban J connectivity index is 1.61. The Morgan fingerprint density at radius 2 is 1.90 bits per heavy atom. The molecule has 1 aliphatic rings. The first-order valence-electron chi connectivity index (χ1n) is 12.9. The van der Waals surface area contributed by atoms with Crippen LogP contribution in [0.5, 0.6) is 0 Å². The van der Waals surface area contributed by atoms with Gasteiger partial charge in [0, 0.05) is 43.0 Å². The first kappa shape index (κ1) is 28.4. The maximum atomic E-state index is 13.4. The zero-order valence-corrected chi connectivity index (χ0v) is 22.9. The molecule has 4 heterocycles. The van der Waals surface area contributed by atoms with Crippen molar-refractivity contribution in [1.29, 1.82) is 0 Å². The average molecular weight is 541 g/mol. The van der Waals surface area contributed by atoms with Crippen LogP contribution in [0.25, 0.3) is 22.2 Å². The van der Waals surface area contributed by atoms with Crippen molar-refractivity contribution in [1.82, 2.24) is 34.5 Å². The lowest BCUT2D eigenvalue weighted by molar-refractivity contribution is -0.136. The second-order valence-corrected chi connectivity index (χ2v) is 9.68. The van der Waals surface area contributed by atoms with Gasteiger partial charge in [-0.2, -0.15) is 5.10 Å². The van der Waals surface area contributed by atoms with Gasteiger partial charge in [-0.1, -0.05) is 25.3 Å². The fourth-order valence-corrected chi connectivity index (χ4v) is 4.64. The number of likely N-dealkylation sites (tertiary alicyclic amines) is 1. The summed E-state index contributed by atoms with van der Waals surface area (Å²) in [4.78, 5) is 60.1. The number of fused-ring (bicyclic) bond motifs is 1. The number of aliphatic imine (C=N–C) groups is 1. The molecule has 1 aliphatic heterocycles. The van der Waals surface area contributed by atoms with Crippen molar-refractivity contribution in [2.45, 2.75) is 38.9 Å². The highest BCUT2D eigenvalue weighted by atomic mass is 16.2. The van der Waals surface area contributed by atoms with Crippen molar-refractivity contribution in [2.75, 3.05) is 20.6 Å². The summed E-state index contributed by atoms with van der Waals surface area (Å²) >= 11 is 0. The van der Waals surface area contributed by atoms with Gasteiger partial charge in [-0.15, -0.1) is 0 Å². The zero-order chi connectivity index (χ0) is 28.8. The Morgan fingerprint density at radius 3 is 2.55 bits per heavy atom. The van der Waals surface area contributed by atoms with E-state index in [4.69, 9.17) is 0 Å².